The van der Waals surface area contributed by atoms with Gasteiger partial charge in [0.15, 0.2) is 17.5 Å². The molecule has 0 amide bonds. The first-order valence-corrected chi connectivity index (χ1v) is 34.0. The Morgan fingerprint density at radius 3 is 2.38 bits per heavy atom. The monoisotopic (exact) mass is 1210 g/mol. The van der Waals surface area contributed by atoms with Crippen LogP contribution in [-0.4, -0.2) is 143 Å². The standard InChI is InChI=1S/C66H89N5O12S2/c1-33-7-8-35-12-16-44-40(28-72)22-52(77)64(3,81)60-38(6-4-5-36(20-46(44)45(35)19-33)47-30-83-61(80)53(47)39-17-18-69-26-39)24-66(82)56-54(37-9-13-42(27-70-62(67)68)65(60,66)23-37)63(2)25-51(76)58(78)48-32-85-84-31-41(34-10-14-43(74)15-11-34)21-50(75)49(29-73)71-57(56)59(79)55(48)63/h10-12,14-15,17-18,26,33,36-38,40-42,44-49,51-55,58,60,69,71-74,76-78,81-82H,6-9,13,16,19-25,27-32H2,1-3H3,(H4,67,68,70). The van der Waals surface area contributed by atoms with E-state index in [1.165, 1.54) is 27.2 Å². The van der Waals surface area contributed by atoms with Crippen LogP contribution in [0.1, 0.15) is 127 Å². The topological polar surface area (TPSA) is 314 Å². The average molecular weight is 1210 g/mol. The second-order valence-electron chi connectivity index (χ2n) is 28.3. The summed E-state index contributed by atoms with van der Waals surface area (Å²) in [4.78, 5) is 53.1. The number of esters is 1. The molecule has 4 bridgehead atoms. The molecule has 24 unspecified atom stereocenters. The highest BCUT2D eigenvalue weighted by molar-refractivity contribution is 8.76. The molecule has 0 radical (unpaired) electrons. The number of carbonyl (C=O) groups is 3. The Balaban J connectivity index is 1.05. The number of rotatable bonds is 7. The van der Waals surface area contributed by atoms with Crippen LogP contribution < -0.4 is 16.8 Å². The Bertz CT molecular complexity index is 3010. The molecule has 2 aromatic rings. The molecule has 17 nitrogen and oxygen atoms in total. The first-order chi connectivity index (χ1) is 40.6. The molecule has 24 atom stereocenters. The van der Waals surface area contributed by atoms with Crippen molar-refractivity contribution in [1.29, 1.82) is 0 Å². The van der Waals surface area contributed by atoms with Gasteiger partial charge in [-0.05, 0) is 171 Å². The molecule has 462 valence electrons. The summed E-state index contributed by atoms with van der Waals surface area (Å²) in [7, 11) is 2.98. The number of ketones is 2. The summed E-state index contributed by atoms with van der Waals surface area (Å²) >= 11 is 0. The Hall–Kier alpha value is -4.36. The molecule has 12 rings (SSSR count). The number of benzene rings is 1. The number of aliphatic hydroxyl groups excluding tert-OH is 5. The van der Waals surface area contributed by atoms with E-state index in [2.05, 4.69) is 40.1 Å². The third-order valence-corrected chi connectivity index (χ3v) is 26.5. The molecule has 1 aromatic carbocycles. The number of cyclic esters (lactones) is 1. The van der Waals surface area contributed by atoms with Gasteiger partial charge >= 0.3 is 5.97 Å². The normalized spacial score (nSPS) is 45.4. The van der Waals surface area contributed by atoms with Crippen molar-refractivity contribution in [2.24, 2.45) is 110 Å². The number of H-pyrrole nitrogens is 1. The van der Waals surface area contributed by atoms with Crippen LogP contribution in [0.25, 0.3) is 0 Å². The number of ether oxygens (including phenoxy) is 1. The third-order valence-electron chi connectivity index (χ3n) is 24.0. The number of nitrogens with zero attached hydrogens (tertiary/aromatic N) is 1. The number of fused-ring (bicyclic) bond motifs is 10. The Morgan fingerprint density at radius 2 is 1.65 bits per heavy atom. The molecule has 2 aliphatic heterocycles. The summed E-state index contributed by atoms with van der Waals surface area (Å²) in [6.07, 6.45) is 7.90. The highest BCUT2D eigenvalue weighted by atomic mass is 33.1. The van der Waals surface area contributed by atoms with Gasteiger partial charge in [-0.2, -0.15) is 0 Å². The zero-order valence-corrected chi connectivity index (χ0v) is 50.9. The van der Waals surface area contributed by atoms with Gasteiger partial charge < -0.3 is 67.4 Å². The van der Waals surface area contributed by atoms with E-state index >= 15 is 9.90 Å². The lowest BCUT2D eigenvalue weighted by Gasteiger charge is -2.68. The lowest BCUT2D eigenvalue weighted by Crippen LogP contribution is -2.71. The third kappa shape index (κ3) is 10.2. The molecule has 19 heteroatoms. The van der Waals surface area contributed by atoms with Gasteiger partial charge in [0.2, 0.25) is 0 Å². The molecule has 3 heterocycles. The minimum Gasteiger partial charge on any atom is -0.508 e. The molecule has 5 saturated carbocycles. The summed E-state index contributed by atoms with van der Waals surface area (Å²) < 4.78 is 5.96. The highest BCUT2D eigenvalue weighted by Crippen LogP contribution is 2.77. The summed E-state index contributed by atoms with van der Waals surface area (Å²) in [6.45, 7) is 5.24. The minimum absolute atomic E-state index is 0.000552. The lowest BCUT2D eigenvalue weighted by atomic mass is 9.37. The van der Waals surface area contributed by atoms with Crippen LogP contribution in [0.15, 0.2) is 70.6 Å². The van der Waals surface area contributed by atoms with Crippen LogP contribution in [0.3, 0.4) is 0 Å². The van der Waals surface area contributed by atoms with E-state index in [9.17, 15) is 45.3 Å². The number of aromatic amines is 1. The van der Waals surface area contributed by atoms with Gasteiger partial charge in [-0.1, -0.05) is 65.1 Å². The van der Waals surface area contributed by atoms with Crippen LogP contribution in [0, 0.1) is 106 Å². The number of nitrogens with one attached hydrogen (secondary N) is 2. The number of carbonyl (C=O) groups excluding carboxylic acids is 3. The van der Waals surface area contributed by atoms with E-state index in [1.54, 1.807) is 31.2 Å². The van der Waals surface area contributed by atoms with Crippen LogP contribution >= 0.6 is 21.6 Å². The first-order valence-electron chi connectivity index (χ1n) is 31.5. The molecule has 1 spiro atoms. The van der Waals surface area contributed by atoms with Gasteiger partial charge in [0.05, 0.1) is 54.3 Å². The van der Waals surface area contributed by atoms with Crippen molar-refractivity contribution in [2.45, 2.75) is 152 Å². The van der Waals surface area contributed by atoms with E-state index in [1.807, 2.05) is 25.4 Å². The number of hydrogen-bond donors (Lipinski definition) is 12. The van der Waals surface area contributed by atoms with E-state index in [0.717, 1.165) is 30.4 Å². The first kappa shape index (κ1) is 60.9. The van der Waals surface area contributed by atoms with Crippen molar-refractivity contribution >= 4 is 45.1 Å². The van der Waals surface area contributed by atoms with Crippen LogP contribution in [-0.2, 0) is 19.1 Å². The number of guanidine groups is 1. The van der Waals surface area contributed by atoms with E-state index in [4.69, 9.17) is 16.2 Å². The van der Waals surface area contributed by atoms with Crippen molar-refractivity contribution in [3.8, 4) is 17.6 Å². The van der Waals surface area contributed by atoms with Crippen molar-refractivity contribution in [3.63, 3.8) is 0 Å². The quantitative estimate of drug-likeness (QED) is 0.0409. The fourth-order valence-corrected chi connectivity index (χ4v) is 23.1. The molecule has 8 aliphatic carbocycles. The Morgan fingerprint density at radius 1 is 0.871 bits per heavy atom. The Labute approximate surface area is 506 Å². The molecule has 2 saturated heterocycles. The lowest BCUT2D eigenvalue weighted by molar-refractivity contribution is -0.230. The highest BCUT2D eigenvalue weighted by Gasteiger charge is 2.79. The molecular weight excluding hydrogens is 1120 g/mol. The number of aromatic hydroxyl groups is 1. The molecule has 10 aliphatic rings. The maximum atomic E-state index is 16.4. The summed E-state index contributed by atoms with van der Waals surface area (Å²) in [6, 6.07) is 7.27. The van der Waals surface area contributed by atoms with Gasteiger partial charge in [-0.15, -0.1) is 5.92 Å². The van der Waals surface area contributed by atoms with E-state index in [0.29, 0.717) is 49.3 Å². The SMILES string of the molecule is CC1CCC2=CCC3C(CO)CC(O)C(C)(O)C4C(CC#CC(C5COC(=O)C5c5cc[nH]c5)CC3C2C1)CC1(O)C2=C3NC(CO)C(=O)CC(c5ccc(O)cc5)CSSCC5C(O)C(O)CC(C)(C2C2CCC(CN=C(N)N)C41C2)C5C3=O. The van der Waals surface area contributed by atoms with Gasteiger partial charge in [-0.25, -0.2) is 0 Å². The number of allylic oxidation sites excluding steroid dienone is 3. The number of hydrogen-bond acceptors (Lipinski definition) is 16. The van der Waals surface area contributed by atoms with Gasteiger partial charge in [-0.3, -0.25) is 19.4 Å². The number of phenolic OH excluding ortho intramolecular Hbond substituents is 1. The number of Topliss-reactive ketones (excluding diaryl/α,β-unsaturated/α-hetero) is 2. The predicted octanol–water partition coefficient (Wildman–Crippen LogP) is 5.46. The number of aliphatic hydroxyl groups is 7. The van der Waals surface area contributed by atoms with Crippen LogP contribution in [0.5, 0.6) is 5.75 Å². The average Bonchev–Trinajstić information content (AvgIpc) is 1.62. The van der Waals surface area contributed by atoms with Crippen molar-refractivity contribution < 1.29 is 60.0 Å². The fraction of sp³-hybridized carbons (Fsp3) is 0.697. The maximum Gasteiger partial charge on any atom is 0.313 e. The summed E-state index contributed by atoms with van der Waals surface area (Å²) in [5, 5.41) is 103. The van der Waals surface area contributed by atoms with E-state index < -0.39 is 106 Å². The minimum atomic E-state index is -2.01. The number of aromatic nitrogens is 1. The summed E-state index contributed by atoms with van der Waals surface area (Å²) in [5.74, 6) is 0.771. The summed E-state index contributed by atoms with van der Waals surface area (Å²) in [5.41, 5.74) is 9.34. The van der Waals surface area contributed by atoms with E-state index in [-0.39, 0.29) is 128 Å². The maximum absolute atomic E-state index is 16.4. The molecule has 1 aromatic heterocycles. The van der Waals surface area contributed by atoms with Crippen molar-refractivity contribution in [2.75, 3.05) is 37.9 Å². The van der Waals surface area contributed by atoms with Crippen LogP contribution in [0.2, 0.25) is 0 Å². The van der Waals surface area contributed by atoms with Crippen molar-refractivity contribution in [3.05, 3.63) is 76.8 Å². The zero-order chi connectivity index (χ0) is 60.1. The predicted molar refractivity (Wildman–Crippen MR) is 324 cm³/mol. The van der Waals surface area contributed by atoms with Crippen molar-refractivity contribution in [1.82, 2.24) is 10.3 Å². The second-order valence-corrected chi connectivity index (χ2v) is 30.9. The van der Waals surface area contributed by atoms with Gasteiger partial charge in [0.25, 0.3) is 0 Å². The fourth-order valence-electron chi connectivity index (χ4n) is 20.4. The molecule has 14 N–H and O–H groups in total. The van der Waals surface area contributed by atoms with Gasteiger partial charge in [0.1, 0.15) is 11.8 Å². The number of phenols is 1. The zero-order valence-electron chi connectivity index (χ0n) is 49.2. The Kier molecular flexibility index (Phi) is 16.9. The molecule has 85 heavy (non-hydrogen) atoms. The van der Waals surface area contributed by atoms with Gasteiger partial charge in [0, 0.05) is 90.8 Å². The smallest absolute Gasteiger partial charge is 0.313 e. The number of aliphatic imine (C=N–C) groups is 1. The number of nitrogens with two attached hydrogens (primary N) is 2. The van der Waals surface area contributed by atoms with Crippen LogP contribution in [0.4, 0.5) is 0 Å². The molecular formula is C66H89N5O12S2. The molecule has 7 fully saturated rings. The second kappa shape index (κ2) is 23.5. The largest absolute Gasteiger partial charge is 0.508 e.